The average Bonchev–Trinajstić information content (AvgIpc) is 1.83. The first kappa shape index (κ1) is 9.54. The van der Waals surface area contributed by atoms with E-state index >= 15 is 0 Å². The van der Waals surface area contributed by atoms with Crippen molar-refractivity contribution in [1.29, 1.82) is 0 Å². The standard InChI is InChI=1S/C6H8ClNO3S/c1-5-2-3-8(6(9)4-5)12(7,10)11/h4H,2-3H2,1H3. The minimum absolute atomic E-state index is 0.146. The summed E-state index contributed by atoms with van der Waals surface area (Å²) in [6, 6.07) is 0. The number of nitrogens with zero attached hydrogens (tertiary/aromatic N) is 1. The molecule has 6 heteroatoms. The van der Waals surface area contributed by atoms with Gasteiger partial charge in [-0.1, -0.05) is 5.57 Å². The molecule has 0 radical (unpaired) electrons. The quantitative estimate of drug-likeness (QED) is 0.596. The monoisotopic (exact) mass is 209 g/mol. The van der Waals surface area contributed by atoms with Crippen LogP contribution in [0.5, 0.6) is 0 Å². The summed E-state index contributed by atoms with van der Waals surface area (Å²) in [6.45, 7) is 1.92. The average molecular weight is 210 g/mol. The number of hydrogen-bond acceptors (Lipinski definition) is 3. The van der Waals surface area contributed by atoms with Crippen molar-refractivity contribution in [3.05, 3.63) is 11.6 Å². The molecule has 0 aliphatic carbocycles. The molecule has 0 aromatic carbocycles. The molecule has 1 heterocycles. The van der Waals surface area contributed by atoms with Crippen LogP contribution in [0.15, 0.2) is 11.6 Å². The van der Waals surface area contributed by atoms with Crippen LogP contribution in [0.2, 0.25) is 0 Å². The molecule has 0 saturated heterocycles. The van der Waals surface area contributed by atoms with Crippen molar-refractivity contribution >= 4 is 25.8 Å². The zero-order valence-corrected chi connectivity index (χ0v) is 8.02. The first-order valence-electron chi connectivity index (χ1n) is 3.35. The molecule has 0 aromatic rings. The lowest BCUT2D eigenvalue weighted by molar-refractivity contribution is -0.122. The van der Waals surface area contributed by atoms with Crippen LogP contribution in [0.25, 0.3) is 0 Å². The van der Waals surface area contributed by atoms with Gasteiger partial charge in [0.1, 0.15) is 0 Å². The van der Waals surface area contributed by atoms with Crippen molar-refractivity contribution in [2.45, 2.75) is 13.3 Å². The van der Waals surface area contributed by atoms with Gasteiger partial charge in [0.25, 0.3) is 5.91 Å². The fourth-order valence-electron chi connectivity index (χ4n) is 0.960. The van der Waals surface area contributed by atoms with E-state index in [1.54, 1.807) is 6.92 Å². The third kappa shape index (κ3) is 1.98. The first-order valence-corrected chi connectivity index (χ1v) is 5.61. The normalized spacial score (nSPS) is 19.3. The molecule has 0 aromatic heterocycles. The van der Waals surface area contributed by atoms with Gasteiger partial charge in [0.05, 0.1) is 0 Å². The summed E-state index contributed by atoms with van der Waals surface area (Å²) in [5, 5.41) is 0. The molecule has 0 spiro atoms. The van der Waals surface area contributed by atoms with Crippen molar-refractivity contribution in [2.75, 3.05) is 6.54 Å². The molecule has 0 fully saturated rings. The van der Waals surface area contributed by atoms with Crippen LogP contribution in [0.3, 0.4) is 0 Å². The highest BCUT2D eigenvalue weighted by molar-refractivity contribution is 8.12. The summed E-state index contributed by atoms with van der Waals surface area (Å²) >= 11 is 0. The molecule has 68 valence electrons. The molecule has 4 nitrogen and oxygen atoms in total. The summed E-state index contributed by atoms with van der Waals surface area (Å²) in [6.07, 6.45) is 1.83. The number of halogens is 1. The largest absolute Gasteiger partial charge is 0.324 e. The van der Waals surface area contributed by atoms with Crippen molar-refractivity contribution in [2.24, 2.45) is 0 Å². The minimum Gasteiger partial charge on any atom is -0.269 e. The van der Waals surface area contributed by atoms with E-state index in [-0.39, 0.29) is 6.54 Å². The molecule has 0 bridgehead atoms. The Morgan fingerprint density at radius 2 is 2.17 bits per heavy atom. The summed E-state index contributed by atoms with van der Waals surface area (Å²) < 4.78 is 22.1. The fraction of sp³-hybridized carbons (Fsp3) is 0.500. The van der Waals surface area contributed by atoms with Crippen LogP contribution >= 0.6 is 10.7 Å². The Kier molecular flexibility index (Phi) is 2.44. The van der Waals surface area contributed by atoms with Crippen molar-refractivity contribution in [1.82, 2.24) is 4.31 Å². The zero-order chi connectivity index (χ0) is 9.35. The van der Waals surface area contributed by atoms with E-state index in [0.29, 0.717) is 10.7 Å². The molecule has 1 aliphatic rings. The first-order chi connectivity index (χ1) is 5.41. The van der Waals surface area contributed by atoms with Gasteiger partial charge in [-0.2, -0.15) is 8.42 Å². The lowest BCUT2D eigenvalue weighted by Crippen LogP contribution is -2.36. The molecule has 1 aliphatic heterocycles. The molecular weight excluding hydrogens is 202 g/mol. The molecule has 12 heavy (non-hydrogen) atoms. The van der Waals surface area contributed by atoms with Crippen molar-refractivity contribution < 1.29 is 13.2 Å². The van der Waals surface area contributed by atoms with Gasteiger partial charge < -0.3 is 0 Å². The van der Waals surface area contributed by atoms with Gasteiger partial charge in [-0.15, -0.1) is 0 Å². The SMILES string of the molecule is CC1=CC(=O)N(S(=O)(=O)Cl)CC1. The predicted molar refractivity (Wildman–Crippen MR) is 44.9 cm³/mol. The Bertz CT molecular complexity index is 333. The molecule has 0 saturated carbocycles. The number of rotatable bonds is 1. The Morgan fingerprint density at radius 1 is 1.58 bits per heavy atom. The number of carbonyl (C=O) groups excluding carboxylic acids is 1. The van der Waals surface area contributed by atoms with E-state index in [1.807, 2.05) is 0 Å². The minimum atomic E-state index is -3.89. The second kappa shape index (κ2) is 3.06. The maximum atomic E-state index is 11.0. The summed E-state index contributed by atoms with van der Waals surface area (Å²) in [4.78, 5) is 11.0. The number of carbonyl (C=O) groups is 1. The van der Waals surface area contributed by atoms with Crippen LogP contribution in [-0.4, -0.2) is 25.2 Å². The van der Waals surface area contributed by atoms with Gasteiger partial charge in [0.15, 0.2) is 0 Å². The van der Waals surface area contributed by atoms with Crippen LogP contribution in [-0.2, 0) is 14.0 Å². The Labute approximate surface area is 75.4 Å². The lowest BCUT2D eigenvalue weighted by atomic mass is 10.1. The molecule has 0 atom stereocenters. The zero-order valence-electron chi connectivity index (χ0n) is 6.45. The Hall–Kier alpha value is -0.550. The smallest absolute Gasteiger partial charge is 0.269 e. The number of amides is 1. The van der Waals surface area contributed by atoms with Gasteiger partial charge in [0.2, 0.25) is 0 Å². The second-order valence-electron chi connectivity index (χ2n) is 2.59. The van der Waals surface area contributed by atoms with E-state index in [9.17, 15) is 13.2 Å². The van der Waals surface area contributed by atoms with E-state index in [1.165, 1.54) is 6.08 Å². The van der Waals surface area contributed by atoms with E-state index in [4.69, 9.17) is 10.7 Å². The van der Waals surface area contributed by atoms with Crippen LogP contribution < -0.4 is 0 Å². The van der Waals surface area contributed by atoms with Crippen molar-refractivity contribution in [3.8, 4) is 0 Å². The fourth-order valence-corrected chi connectivity index (χ4v) is 1.95. The van der Waals surface area contributed by atoms with Gasteiger partial charge in [-0.05, 0) is 13.3 Å². The van der Waals surface area contributed by atoms with E-state index in [0.717, 1.165) is 5.57 Å². The predicted octanol–water partition coefficient (Wildman–Crippen LogP) is 0.649. The second-order valence-corrected chi connectivity index (χ2v) is 5.03. The van der Waals surface area contributed by atoms with Crippen LogP contribution in [0.4, 0.5) is 0 Å². The maximum Gasteiger partial charge on any atom is 0.324 e. The summed E-state index contributed by atoms with van der Waals surface area (Å²) in [5.74, 6) is -0.561. The van der Waals surface area contributed by atoms with Gasteiger partial charge in [-0.3, -0.25) is 4.79 Å². The van der Waals surface area contributed by atoms with Gasteiger partial charge in [-0.25, -0.2) is 4.31 Å². The van der Waals surface area contributed by atoms with Crippen molar-refractivity contribution in [3.63, 3.8) is 0 Å². The lowest BCUT2D eigenvalue weighted by Gasteiger charge is -2.21. The molecule has 0 unspecified atom stereocenters. The van der Waals surface area contributed by atoms with Crippen LogP contribution in [0, 0.1) is 0 Å². The van der Waals surface area contributed by atoms with E-state index in [2.05, 4.69) is 0 Å². The molecule has 1 rings (SSSR count). The summed E-state index contributed by atoms with van der Waals surface area (Å²) in [7, 11) is 1.12. The third-order valence-corrected chi connectivity index (χ3v) is 2.98. The molecule has 0 N–H and O–H groups in total. The molecule has 1 amide bonds. The summed E-state index contributed by atoms with van der Waals surface area (Å²) in [5.41, 5.74) is 0.872. The number of hydrogen-bond donors (Lipinski definition) is 0. The third-order valence-electron chi connectivity index (χ3n) is 1.59. The highest BCUT2D eigenvalue weighted by Crippen LogP contribution is 2.16. The Balaban J connectivity index is 2.94. The maximum absolute atomic E-state index is 11.0. The highest BCUT2D eigenvalue weighted by Gasteiger charge is 2.26. The Morgan fingerprint density at radius 3 is 2.58 bits per heavy atom. The van der Waals surface area contributed by atoms with Crippen LogP contribution in [0.1, 0.15) is 13.3 Å². The highest BCUT2D eigenvalue weighted by atomic mass is 35.7. The van der Waals surface area contributed by atoms with Gasteiger partial charge in [0, 0.05) is 23.3 Å². The topological polar surface area (TPSA) is 54.5 Å². The van der Waals surface area contributed by atoms with E-state index < -0.39 is 15.1 Å². The van der Waals surface area contributed by atoms with Gasteiger partial charge >= 0.3 is 9.24 Å². The molecular formula is C6H8ClNO3S.